The summed E-state index contributed by atoms with van der Waals surface area (Å²) in [5.41, 5.74) is -2.53. The van der Waals surface area contributed by atoms with E-state index in [1.165, 1.54) is 24.4 Å². The second-order valence-corrected chi connectivity index (χ2v) is 9.60. The highest BCUT2D eigenvalue weighted by Gasteiger charge is 2.38. The fourth-order valence-corrected chi connectivity index (χ4v) is 3.34. The molecule has 0 aliphatic carbocycles. The molecular weight excluding hydrogens is 437 g/mol. The van der Waals surface area contributed by atoms with Crippen molar-refractivity contribution in [3.63, 3.8) is 0 Å². The van der Waals surface area contributed by atoms with Gasteiger partial charge in [-0.2, -0.15) is 13.2 Å². The largest absolute Gasteiger partial charge is 0.489 e. The molecule has 0 aromatic carbocycles. The van der Waals surface area contributed by atoms with E-state index in [0.29, 0.717) is 12.2 Å². The fraction of sp³-hybridized carbons (Fsp3) is 0.565. The lowest BCUT2D eigenvalue weighted by molar-refractivity contribution is -0.142. The molecule has 1 amide bonds. The number of alkyl halides is 3. The SMILES string of the molecule is Cc1nccc(-c2ccc(OCC(C)(CC(C)C)NC(=O)OC(C)(C)C)c(C(F)(F)F)n2)n1. The molecule has 0 saturated carbocycles. The third kappa shape index (κ3) is 8.18. The summed E-state index contributed by atoms with van der Waals surface area (Å²) in [4.78, 5) is 24.2. The first-order chi connectivity index (χ1) is 15.1. The minimum absolute atomic E-state index is 0.0528. The average molecular weight is 469 g/mol. The van der Waals surface area contributed by atoms with Crippen molar-refractivity contribution in [3.8, 4) is 17.1 Å². The third-order valence-corrected chi connectivity index (χ3v) is 4.37. The first-order valence-corrected chi connectivity index (χ1v) is 10.6. The van der Waals surface area contributed by atoms with Crippen LogP contribution in [0, 0.1) is 12.8 Å². The Morgan fingerprint density at radius 3 is 2.24 bits per heavy atom. The molecule has 1 N–H and O–H groups in total. The van der Waals surface area contributed by atoms with Crippen LogP contribution < -0.4 is 10.1 Å². The van der Waals surface area contributed by atoms with Gasteiger partial charge in [-0.05, 0) is 65.2 Å². The van der Waals surface area contributed by atoms with Crippen LogP contribution in [0.3, 0.4) is 0 Å². The van der Waals surface area contributed by atoms with E-state index in [9.17, 15) is 18.0 Å². The van der Waals surface area contributed by atoms with E-state index < -0.39 is 34.9 Å². The van der Waals surface area contributed by atoms with E-state index in [-0.39, 0.29) is 23.9 Å². The summed E-state index contributed by atoms with van der Waals surface area (Å²) in [6.07, 6.45) is -3.51. The average Bonchev–Trinajstić information content (AvgIpc) is 2.63. The van der Waals surface area contributed by atoms with Gasteiger partial charge in [0.15, 0.2) is 5.69 Å². The molecule has 0 aliphatic rings. The van der Waals surface area contributed by atoms with E-state index >= 15 is 0 Å². The highest BCUT2D eigenvalue weighted by molar-refractivity contribution is 5.68. The highest BCUT2D eigenvalue weighted by Crippen LogP contribution is 2.36. The van der Waals surface area contributed by atoms with Crippen LogP contribution in [0.2, 0.25) is 0 Å². The Bertz CT molecular complexity index is 974. The van der Waals surface area contributed by atoms with Crippen molar-refractivity contribution in [2.24, 2.45) is 5.92 Å². The number of rotatable bonds is 7. The van der Waals surface area contributed by atoms with Gasteiger partial charge in [0, 0.05) is 6.20 Å². The van der Waals surface area contributed by atoms with Gasteiger partial charge < -0.3 is 14.8 Å². The molecule has 0 bridgehead atoms. The zero-order valence-electron chi connectivity index (χ0n) is 20.0. The second-order valence-electron chi connectivity index (χ2n) is 9.60. The van der Waals surface area contributed by atoms with Crippen LogP contribution >= 0.6 is 0 Å². The van der Waals surface area contributed by atoms with Crippen molar-refractivity contribution < 1.29 is 27.4 Å². The van der Waals surface area contributed by atoms with Crippen molar-refractivity contribution in [3.05, 3.63) is 35.9 Å². The Labute approximate surface area is 192 Å². The number of pyridine rings is 1. The number of halogens is 3. The van der Waals surface area contributed by atoms with Gasteiger partial charge in [0.25, 0.3) is 0 Å². The van der Waals surface area contributed by atoms with Crippen LogP contribution in [0.1, 0.15) is 59.5 Å². The lowest BCUT2D eigenvalue weighted by Gasteiger charge is -2.33. The number of ether oxygens (including phenoxy) is 2. The van der Waals surface area contributed by atoms with Crippen LogP contribution in [0.15, 0.2) is 24.4 Å². The lowest BCUT2D eigenvalue weighted by atomic mass is 9.91. The third-order valence-electron chi connectivity index (χ3n) is 4.37. The number of hydrogen-bond acceptors (Lipinski definition) is 6. The first-order valence-electron chi connectivity index (χ1n) is 10.6. The van der Waals surface area contributed by atoms with E-state index in [2.05, 4.69) is 20.3 Å². The van der Waals surface area contributed by atoms with Gasteiger partial charge in [0.1, 0.15) is 23.8 Å². The van der Waals surface area contributed by atoms with E-state index in [1.807, 2.05) is 13.8 Å². The number of alkyl carbamates (subject to hydrolysis) is 1. The molecule has 7 nitrogen and oxygen atoms in total. The summed E-state index contributed by atoms with van der Waals surface area (Å²) in [5, 5.41) is 2.75. The smallest absolute Gasteiger partial charge is 0.437 e. The molecular formula is C23H31F3N4O3. The van der Waals surface area contributed by atoms with Gasteiger partial charge in [-0.1, -0.05) is 13.8 Å². The quantitative estimate of drug-likeness (QED) is 0.571. The number of hydrogen-bond donors (Lipinski definition) is 1. The summed E-state index contributed by atoms with van der Waals surface area (Å²) < 4.78 is 52.3. The second kappa shape index (κ2) is 9.93. The van der Waals surface area contributed by atoms with Crippen LogP contribution in [-0.2, 0) is 10.9 Å². The summed E-state index contributed by atoms with van der Waals surface area (Å²) in [7, 11) is 0. The number of nitrogens with zero attached hydrogens (tertiary/aromatic N) is 3. The number of aryl methyl sites for hydroxylation is 1. The lowest BCUT2D eigenvalue weighted by Crippen LogP contribution is -2.52. The topological polar surface area (TPSA) is 86.2 Å². The zero-order valence-corrected chi connectivity index (χ0v) is 20.0. The maximum absolute atomic E-state index is 13.8. The Balaban J connectivity index is 2.31. The summed E-state index contributed by atoms with van der Waals surface area (Å²) >= 11 is 0. The Kier molecular flexibility index (Phi) is 7.92. The van der Waals surface area contributed by atoms with Gasteiger partial charge >= 0.3 is 12.3 Å². The van der Waals surface area contributed by atoms with E-state index in [1.54, 1.807) is 34.6 Å². The minimum Gasteiger partial charge on any atom is -0.489 e. The molecule has 0 fully saturated rings. The van der Waals surface area contributed by atoms with Crippen molar-refractivity contribution in [2.75, 3.05) is 6.61 Å². The molecule has 0 radical (unpaired) electrons. The summed E-state index contributed by atoms with van der Waals surface area (Å²) in [6, 6.07) is 4.11. The molecule has 2 aromatic heterocycles. The van der Waals surface area contributed by atoms with Gasteiger partial charge in [0.05, 0.1) is 16.9 Å². The monoisotopic (exact) mass is 468 g/mol. The van der Waals surface area contributed by atoms with E-state index in [0.717, 1.165) is 0 Å². The van der Waals surface area contributed by atoms with Crippen molar-refractivity contribution >= 4 is 6.09 Å². The fourth-order valence-electron chi connectivity index (χ4n) is 3.34. The predicted octanol–water partition coefficient (Wildman–Crippen LogP) is 5.57. The number of aromatic nitrogens is 3. The van der Waals surface area contributed by atoms with Crippen LogP contribution in [0.25, 0.3) is 11.4 Å². The molecule has 0 saturated heterocycles. The maximum Gasteiger partial charge on any atom is 0.437 e. The Morgan fingerprint density at radius 2 is 1.70 bits per heavy atom. The molecule has 0 spiro atoms. The number of nitrogens with one attached hydrogen (secondary N) is 1. The molecule has 2 rings (SSSR count). The zero-order chi connectivity index (χ0) is 25.0. The minimum atomic E-state index is -4.75. The maximum atomic E-state index is 13.8. The molecule has 10 heteroatoms. The number of carbonyl (C=O) groups excluding carboxylic acids is 1. The molecule has 0 aliphatic heterocycles. The molecule has 2 heterocycles. The van der Waals surface area contributed by atoms with Gasteiger partial charge in [-0.25, -0.2) is 19.7 Å². The van der Waals surface area contributed by atoms with Crippen molar-refractivity contribution in [2.45, 2.75) is 72.2 Å². The van der Waals surface area contributed by atoms with Crippen molar-refractivity contribution in [1.29, 1.82) is 0 Å². The van der Waals surface area contributed by atoms with Crippen molar-refractivity contribution in [1.82, 2.24) is 20.3 Å². The van der Waals surface area contributed by atoms with Crippen LogP contribution in [0.5, 0.6) is 5.75 Å². The summed E-state index contributed by atoms with van der Waals surface area (Å²) in [6.45, 7) is 12.2. The molecule has 1 unspecified atom stereocenters. The van der Waals surface area contributed by atoms with Crippen LogP contribution in [0.4, 0.5) is 18.0 Å². The molecule has 2 aromatic rings. The number of carbonyl (C=O) groups is 1. The highest BCUT2D eigenvalue weighted by atomic mass is 19.4. The van der Waals surface area contributed by atoms with Gasteiger partial charge in [-0.15, -0.1) is 0 Å². The first kappa shape index (κ1) is 26.3. The number of amides is 1. The molecule has 182 valence electrons. The van der Waals surface area contributed by atoms with E-state index in [4.69, 9.17) is 9.47 Å². The van der Waals surface area contributed by atoms with Gasteiger partial charge in [0.2, 0.25) is 0 Å². The predicted molar refractivity (Wildman–Crippen MR) is 118 cm³/mol. The van der Waals surface area contributed by atoms with Crippen LogP contribution in [-0.4, -0.2) is 38.8 Å². The standard InChI is InChI=1S/C23H31F3N4O3/c1-14(2)12-22(7,30-20(31)33-21(4,5)6)13-32-18-9-8-16(29-19(18)23(24,25)26)17-10-11-27-15(3)28-17/h8-11,14H,12-13H2,1-7H3,(H,30,31). The summed E-state index contributed by atoms with van der Waals surface area (Å²) in [5.74, 6) is 0.121. The molecule has 33 heavy (non-hydrogen) atoms. The Hall–Kier alpha value is -2.91. The molecule has 1 atom stereocenters. The van der Waals surface area contributed by atoms with Gasteiger partial charge in [-0.3, -0.25) is 0 Å². The Morgan fingerprint density at radius 1 is 1.06 bits per heavy atom. The normalized spacial score (nSPS) is 14.0.